The lowest BCUT2D eigenvalue weighted by molar-refractivity contribution is -0.649. The van der Waals surface area contributed by atoms with Crippen LogP contribution in [0, 0.1) is 41.5 Å². The molecule has 3 heteroatoms. The lowest BCUT2D eigenvalue weighted by Crippen LogP contribution is -2.34. The second-order valence-corrected chi connectivity index (χ2v) is 7.46. The molecule has 0 saturated carbocycles. The average molecular weight is 348 g/mol. The molecule has 26 heavy (non-hydrogen) atoms. The summed E-state index contributed by atoms with van der Waals surface area (Å²) in [6.45, 7) is 14.6. The van der Waals surface area contributed by atoms with Gasteiger partial charge < -0.3 is 5.11 Å². The van der Waals surface area contributed by atoms with Gasteiger partial charge in [0.05, 0.1) is 0 Å². The zero-order valence-electron chi connectivity index (χ0n) is 16.9. The van der Waals surface area contributed by atoms with Crippen molar-refractivity contribution < 1.29 is 9.67 Å². The summed E-state index contributed by atoms with van der Waals surface area (Å²) in [5.74, 6) is 0.0712. The molecule has 3 aromatic rings. The summed E-state index contributed by atoms with van der Waals surface area (Å²) < 4.78 is 3.91. The Kier molecular flexibility index (Phi) is 4.66. The summed E-state index contributed by atoms with van der Waals surface area (Å²) in [5, 5.41) is 13.2. The van der Waals surface area contributed by atoms with Crippen molar-refractivity contribution in [3.05, 3.63) is 69.7 Å². The molecular formula is C23H28N2O. The van der Waals surface area contributed by atoms with Crippen LogP contribution in [0.3, 0.4) is 0 Å². The van der Waals surface area contributed by atoms with Crippen LogP contribution in [0.15, 0.2) is 30.6 Å². The molecular weight excluding hydrogens is 320 g/mol. The Hall–Kier alpha value is -2.55. The monoisotopic (exact) mass is 348 g/mol. The topological polar surface area (TPSA) is 31.9 Å². The van der Waals surface area contributed by atoms with Crippen LogP contribution in [0.2, 0.25) is 0 Å². The van der Waals surface area contributed by atoms with Crippen molar-refractivity contribution in [2.45, 2.75) is 54.9 Å². The molecule has 2 aromatic carbocycles. The van der Waals surface area contributed by atoms with Crippen molar-refractivity contribution in [2.24, 2.45) is 0 Å². The third-order valence-corrected chi connectivity index (χ3v) is 5.07. The highest BCUT2D eigenvalue weighted by Crippen LogP contribution is 2.27. The van der Waals surface area contributed by atoms with Crippen molar-refractivity contribution in [2.75, 3.05) is 0 Å². The third kappa shape index (κ3) is 2.92. The van der Waals surface area contributed by atoms with E-state index in [9.17, 15) is 5.11 Å². The molecule has 0 unspecified atom stereocenters. The van der Waals surface area contributed by atoms with Crippen molar-refractivity contribution in [3.63, 3.8) is 0 Å². The van der Waals surface area contributed by atoms with Gasteiger partial charge in [0, 0.05) is 6.42 Å². The maximum atomic E-state index is 13.2. The minimum Gasteiger partial charge on any atom is -0.839 e. The Labute approximate surface area is 156 Å². The Morgan fingerprint density at radius 2 is 1.27 bits per heavy atom. The fourth-order valence-corrected chi connectivity index (χ4v) is 4.26. The number of hydrogen-bond acceptors (Lipinski definition) is 1. The first-order valence-corrected chi connectivity index (χ1v) is 9.24. The van der Waals surface area contributed by atoms with Gasteiger partial charge in [-0.3, -0.25) is 0 Å². The van der Waals surface area contributed by atoms with Crippen molar-refractivity contribution >= 4 is 0 Å². The van der Waals surface area contributed by atoms with E-state index in [1.165, 1.54) is 22.3 Å². The molecule has 0 fully saturated rings. The summed E-state index contributed by atoms with van der Waals surface area (Å²) in [6, 6.07) is 8.64. The predicted molar refractivity (Wildman–Crippen MR) is 105 cm³/mol. The minimum atomic E-state index is 0.0712. The van der Waals surface area contributed by atoms with E-state index < -0.39 is 0 Å². The quantitative estimate of drug-likeness (QED) is 0.652. The van der Waals surface area contributed by atoms with Gasteiger partial charge in [0.1, 0.15) is 22.9 Å². The van der Waals surface area contributed by atoms with Crippen LogP contribution >= 0.6 is 0 Å². The minimum absolute atomic E-state index is 0.0712. The molecule has 0 aliphatic carbocycles. The zero-order valence-corrected chi connectivity index (χ0v) is 16.9. The molecule has 0 amide bonds. The first-order valence-electron chi connectivity index (χ1n) is 9.24. The normalized spacial score (nSPS) is 11.2. The van der Waals surface area contributed by atoms with Gasteiger partial charge in [0.15, 0.2) is 0 Å². The molecule has 0 spiro atoms. The lowest BCUT2D eigenvalue weighted by Gasteiger charge is -2.12. The first-order chi connectivity index (χ1) is 12.2. The van der Waals surface area contributed by atoms with Gasteiger partial charge in [-0.05, 0) is 63.8 Å². The SMILES string of the molecule is CCc1c([O-])[n+](-c2c(C)cc(C)cc2C)cn1-c1c(C)cc(C)cc1C. The van der Waals surface area contributed by atoms with E-state index in [2.05, 4.69) is 70.4 Å². The van der Waals surface area contributed by atoms with Crippen molar-refractivity contribution in [1.29, 1.82) is 0 Å². The molecule has 0 aliphatic heterocycles. The summed E-state index contributed by atoms with van der Waals surface area (Å²) in [6.07, 6.45) is 2.67. The predicted octanol–water partition coefficient (Wildman–Crippen LogP) is 4.24. The molecule has 0 radical (unpaired) electrons. The second-order valence-electron chi connectivity index (χ2n) is 7.46. The van der Waals surface area contributed by atoms with Gasteiger partial charge in [-0.2, -0.15) is 4.57 Å². The van der Waals surface area contributed by atoms with Crippen LogP contribution in [-0.2, 0) is 6.42 Å². The van der Waals surface area contributed by atoms with Crippen LogP contribution in [0.1, 0.15) is 46.0 Å². The largest absolute Gasteiger partial charge is 0.839 e. The molecule has 136 valence electrons. The molecule has 0 bridgehead atoms. The Morgan fingerprint density at radius 3 is 1.73 bits per heavy atom. The zero-order chi connectivity index (χ0) is 19.2. The van der Waals surface area contributed by atoms with E-state index in [0.717, 1.165) is 28.2 Å². The molecule has 3 nitrogen and oxygen atoms in total. The Balaban J connectivity index is 2.32. The highest BCUT2D eigenvalue weighted by atomic mass is 16.3. The highest BCUT2D eigenvalue weighted by molar-refractivity contribution is 5.51. The maximum absolute atomic E-state index is 13.2. The lowest BCUT2D eigenvalue weighted by atomic mass is 10.0. The molecule has 1 aromatic heterocycles. The van der Waals surface area contributed by atoms with Crippen LogP contribution in [0.4, 0.5) is 0 Å². The van der Waals surface area contributed by atoms with E-state index in [0.29, 0.717) is 6.42 Å². The van der Waals surface area contributed by atoms with Gasteiger partial charge >= 0.3 is 0 Å². The molecule has 1 heterocycles. The van der Waals surface area contributed by atoms with Gasteiger partial charge in [0.2, 0.25) is 0 Å². The first kappa shape index (κ1) is 18.2. The van der Waals surface area contributed by atoms with E-state index in [-0.39, 0.29) is 5.88 Å². The van der Waals surface area contributed by atoms with Crippen molar-refractivity contribution in [3.8, 4) is 17.3 Å². The van der Waals surface area contributed by atoms with E-state index in [1.54, 1.807) is 0 Å². The van der Waals surface area contributed by atoms with E-state index >= 15 is 0 Å². The standard InChI is InChI=1S/C23H28N2O/c1-8-20-23(26)25(22-18(6)11-15(3)12-19(22)7)13-24(20)21-16(4)9-14(2)10-17(21)5/h9-13H,8H2,1-7H3. The average Bonchev–Trinajstić information content (AvgIpc) is 2.82. The van der Waals surface area contributed by atoms with Gasteiger partial charge in [-0.1, -0.05) is 42.3 Å². The molecule has 0 N–H and O–H groups in total. The number of hydrogen-bond donors (Lipinski definition) is 0. The number of aromatic nitrogens is 2. The fourth-order valence-electron chi connectivity index (χ4n) is 4.26. The van der Waals surface area contributed by atoms with E-state index in [1.807, 2.05) is 17.8 Å². The van der Waals surface area contributed by atoms with Crippen LogP contribution in [0.5, 0.6) is 5.88 Å². The molecule has 3 rings (SSSR count). The van der Waals surface area contributed by atoms with Gasteiger partial charge in [-0.25, -0.2) is 4.57 Å². The molecule has 0 aliphatic rings. The van der Waals surface area contributed by atoms with Crippen LogP contribution in [-0.4, -0.2) is 4.57 Å². The third-order valence-electron chi connectivity index (χ3n) is 5.07. The maximum Gasteiger partial charge on any atom is 0.253 e. The summed E-state index contributed by atoms with van der Waals surface area (Å²) in [7, 11) is 0. The smallest absolute Gasteiger partial charge is 0.253 e. The summed E-state index contributed by atoms with van der Waals surface area (Å²) in [4.78, 5) is 0. The highest BCUT2D eigenvalue weighted by Gasteiger charge is 2.23. The molecule has 0 atom stereocenters. The van der Waals surface area contributed by atoms with Crippen molar-refractivity contribution in [1.82, 2.24) is 4.57 Å². The Bertz CT molecular complexity index is 950. The fraction of sp³-hybridized carbons (Fsp3) is 0.348. The number of rotatable bonds is 3. The van der Waals surface area contributed by atoms with Crippen LogP contribution < -0.4 is 9.67 Å². The number of aryl methyl sites for hydroxylation is 6. The number of benzene rings is 2. The number of nitrogens with zero attached hydrogens (tertiary/aromatic N) is 2. The van der Waals surface area contributed by atoms with Crippen LogP contribution in [0.25, 0.3) is 11.4 Å². The van der Waals surface area contributed by atoms with E-state index in [4.69, 9.17) is 0 Å². The summed E-state index contributed by atoms with van der Waals surface area (Å²) in [5.41, 5.74) is 10.0. The van der Waals surface area contributed by atoms with Gasteiger partial charge in [0.25, 0.3) is 6.33 Å². The summed E-state index contributed by atoms with van der Waals surface area (Å²) >= 11 is 0. The Morgan fingerprint density at radius 1 is 0.808 bits per heavy atom. The van der Waals surface area contributed by atoms with Gasteiger partial charge in [-0.15, -0.1) is 0 Å². The number of imidazole rings is 1. The second kappa shape index (κ2) is 6.64. The molecule has 0 saturated heterocycles.